The highest BCUT2D eigenvalue weighted by atomic mass is 32.1. The average Bonchev–Trinajstić information content (AvgIpc) is 3.44. The van der Waals surface area contributed by atoms with Gasteiger partial charge in [0, 0.05) is 106 Å². The number of nitrogens with two attached hydrogens (primary N) is 2. The van der Waals surface area contributed by atoms with E-state index in [4.69, 9.17) is 23.9 Å². The molecule has 2 aromatic heterocycles. The van der Waals surface area contributed by atoms with Gasteiger partial charge in [-0.1, -0.05) is 62.1 Å². The molecule has 0 atom stereocenters. The fraction of sp³-hybridized carbons (Fsp3) is 0.396. The number of carbonyl (C=O) groups excluding carboxylic acids is 6. The molecule has 81 heavy (non-hydrogen) atoms. The van der Waals surface area contributed by atoms with Gasteiger partial charge in [0.05, 0.1) is 11.4 Å². The molecule has 31 nitrogen and oxygen atoms in total. The molecule has 0 bridgehead atoms. The van der Waals surface area contributed by atoms with E-state index in [0.717, 1.165) is 54.8 Å². The number of amides is 11. The molecule has 2 heterocycles. The highest BCUT2D eigenvalue weighted by molar-refractivity contribution is 7.80. The Bertz CT molecular complexity index is 2510. The largest absolute Gasteiger partial charge is 0.365 e. The van der Waals surface area contributed by atoms with Crippen LogP contribution in [0.25, 0.3) is 0 Å². The third kappa shape index (κ3) is 42.0. The first-order valence-electron chi connectivity index (χ1n) is 24.9. The molecule has 0 saturated carbocycles. The summed E-state index contributed by atoms with van der Waals surface area (Å²) >= 11 is 9.53. The molecule has 2 aromatic carbocycles. The van der Waals surface area contributed by atoms with Crippen molar-refractivity contribution in [1.82, 2.24) is 94.2 Å². The number of hydrogen-bond donors (Lipinski definition) is 16. The lowest BCUT2D eigenvalue weighted by atomic mass is 10.2. The SMILES string of the molecule is CN(C)NC(=O)NCCCCCCNC(=O)N(CCCCCCNC(=O)NN(C)C)C(=O)NC(=O)NN(C)C.CNC(=S)NN.NNC(=O)c1ccncc1.O=c1ccc(=O)[nH][nH]1.S=C(N=Nc1ccccc1)NNc1ccccc1. The molecule has 0 aliphatic carbocycles. The molecule has 0 aliphatic rings. The van der Waals surface area contributed by atoms with Crippen molar-refractivity contribution in [3.05, 3.63) is 124 Å². The highest BCUT2D eigenvalue weighted by Gasteiger charge is 2.23. The zero-order valence-corrected chi connectivity index (χ0v) is 48.2. The summed E-state index contributed by atoms with van der Waals surface area (Å²) in [6, 6.07) is 21.9. The van der Waals surface area contributed by atoms with E-state index in [1.165, 1.54) is 29.5 Å². The van der Waals surface area contributed by atoms with Gasteiger partial charge in [-0.15, -0.1) is 10.2 Å². The second-order valence-electron chi connectivity index (χ2n) is 16.7. The maximum atomic E-state index is 12.7. The van der Waals surface area contributed by atoms with Crippen LogP contribution in [0.5, 0.6) is 0 Å². The van der Waals surface area contributed by atoms with Crippen LogP contribution < -0.4 is 87.4 Å². The fourth-order valence-electron chi connectivity index (χ4n) is 5.51. The van der Waals surface area contributed by atoms with Crippen molar-refractivity contribution in [2.45, 2.75) is 51.4 Å². The van der Waals surface area contributed by atoms with E-state index in [-0.39, 0.29) is 40.7 Å². The van der Waals surface area contributed by atoms with Crippen LogP contribution in [0.4, 0.5) is 35.3 Å². The van der Waals surface area contributed by atoms with Crippen molar-refractivity contribution in [2.24, 2.45) is 21.9 Å². The van der Waals surface area contributed by atoms with Gasteiger partial charge < -0.3 is 26.7 Å². The second-order valence-corrected chi connectivity index (χ2v) is 17.5. The monoisotopic (exact) mass is 1170 g/mol. The normalized spacial score (nSPS) is 9.93. The number of anilines is 1. The van der Waals surface area contributed by atoms with E-state index in [9.17, 15) is 38.4 Å². The number of pyridine rings is 1. The van der Waals surface area contributed by atoms with Crippen LogP contribution in [-0.2, 0) is 0 Å². The van der Waals surface area contributed by atoms with E-state index in [0.29, 0.717) is 43.2 Å². The van der Waals surface area contributed by atoms with Gasteiger partial charge in [-0.2, -0.15) is 0 Å². The maximum absolute atomic E-state index is 12.7. The summed E-state index contributed by atoms with van der Waals surface area (Å²) in [5.74, 6) is 9.41. The molecule has 4 aromatic rings. The number of urea groups is 5. The molecule has 11 amide bonds. The zero-order valence-electron chi connectivity index (χ0n) is 46.6. The average molecular weight is 1170 g/mol. The second kappa shape index (κ2) is 46.2. The summed E-state index contributed by atoms with van der Waals surface area (Å²) in [6.45, 7) is 1.58. The number of nitrogens with zero attached hydrogens (tertiary/aromatic N) is 7. The molecule has 0 unspecified atom stereocenters. The standard InChI is InChI=1S/C23H49N11O5.C13H12N4S.C6H7N3O.C4H4N2O2.C2H7N3S/c1-31(2)28-19(35)24-15-11-7-8-13-17-26-22(38)34(23(39)27-21(37)30-33(5)6)18-14-10-9-12-16-25-20(36)29-32(3)4;18-13(16-14-11-7-3-1-4-8-11)17-15-12-9-5-2-6-10-12;7-9-6(10)5-1-3-8-4-2-5;7-3-1-2-4(8)6-5-3;1-4-2(6)5-3/h7-18H2,1-6H3,(H,26,38)(H2,24,28,35)(H2,25,29,36)(H2,27,30,37,39);1-10,14H,(H,16,18);1-4H,7H2,(H,9,10);1-2H,(H,5,7)(H,6,8);3H2,1H3,(H2,4,5,6). The number of nitrogens with one attached hydrogen (secondary N) is 14. The minimum Gasteiger partial charge on any atom is -0.365 e. The van der Waals surface area contributed by atoms with Crippen molar-refractivity contribution in [2.75, 3.05) is 80.9 Å². The van der Waals surface area contributed by atoms with Crippen LogP contribution in [0.3, 0.4) is 0 Å². The number of para-hydroxylation sites is 1. The number of nitrogen functional groups attached to an aromatic ring is 1. The Morgan fingerprint density at radius 1 is 0.580 bits per heavy atom. The predicted octanol–water partition coefficient (Wildman–Crippen LogP) is 1.94. The summed E-state index contributed by atoms with van der Waals surface area (Å²) in [5, 5.41) is 30.3. The molecule has 0 aliphatic heterocycles. The Labute approximate surface area is 481 Å². The summed E-state index contributed by atoms with van der Waals surface area (Å²) in [6.07, 6.45) is 9.13. The Morgan fingerprint density at radius 2 is 1.05 bits per heavy atom. The number of azo groups is 1. The first kappa shape index (κ1) is 72.3. The van der Waals surface area contributed by atoms with Crippen molar-refractivity contribution >= 4 is 82.1 Å². The van der Waals surface area contributed by atoms with Crippen molar-refractivity contribution in [3.8, 4) is 0 Å². The van der Waals surface area contributed by atoms with Gasteiger partial charge in [0.1, 0.15) is 0 Å². The number of benzene rings is 2. The van der Waals surface area contributed by atoms with E-state index in [1.807, 2.05) is 66.1 Å². The van der Waals surface area contributed by atoms with Gasteiger partial charge in [-0.05, 0) is 86.5 Å². The summed E-state index contributed by atoms with van der Waals surface area (Å²) < 4.78 is 0. The lowest BCUT2D eigenvalue weighted by molar-refractivity contribution is 0.0953. The number of carbonyl (C=O) groups is 6. The molecule has 18 N–H and O–H groups in total. The number of aromatic amines is 2. The van der Waals surface area contributed by atoms with Crippen LogP contribution in [0.15, 0.2) is 117 Å². The molecule has 4 rings (SSSR count). The summed E-state index contributed by atoms with van der Waals surface area (Å²) in [7, 11) is 11.8. The predicted molar refractivity (Wildman–Crippen MR) is 318 cm³/mol. The van der Waals surface area contributed by atoms with Crippen LogP contribution >= 0.6 is 24.4 Å². The van der Waals surface area contributed by atoms with Gasteiger partial charge in [0.2, 0.25) is 5.11 Å². The summed E-state index contributed by atoms with van der Waals surface area (Å²) in [4.78, 5) is 96.2. The van der Waals surface area contributed by atoms with Crippen LogP contribution in [0.2, 0.25) is 0 Å². The molecular weight excluding hydrogens is 1090 g/mol. The number of thiocarbonyl (C=S) groups is 2. The molecule has 0 spiro atoms. The van der Waals surface area contributed by atoms with Crippen LogP contribution in [0.1, 0.15) is 61.7 Å². The number of aromatic nitrogens is 3. The molecule has 0 fully saturated rings. The molecule has 0 saturated heterocycles. The van der Waals surface area contributed by atoms with E-state index < -0.39 is 18.1 Å². The first-order chi connectivity index (χ1) is 38.7. The van der Waals surface area contributed by atoms with Gasteiger partial charge in [0.25, 0.3) is 17.0 Å². The lowest BCUT2D eigenvalue weighted by Gasteiger charge is -2.22. The molecular formula is C48H79N23O8S2. The van der Waals surface area contributed by atoms with E-state index in [2.05, 4.69) is 96.8 Å². The Kier molecular flexibility index (Phi) is 41.2. The minimum absolute atomic E-state index is 0.141. The van der Waals surface area contributed by atoms with Crippen molar-refractivity contribution < 1.29 is 28.8 Å². The highest BCUT2D eigenvalue weighted by Crippen LogP contribution is 2.10. The number of imide groups is 2. The molecule has 0 radical (unpaired) electrons. The van der Waals surface area contributed by atoms with E-state index in [1.54, 1.807) is 71.5 Å². The lowest BCUT2D eigenvalue weighted by Crippen LogP contribution is -2.54. The molecule has 446 valence electrons. The van der Waals surface area contributed by atoms with Gasteiger partial charge >= 0.3 is 30.2 Å². The number of rotatable bonds is 21. The quantitative estimate of drug-likeness (QED) is 0.0142. The Morgan fingerprint density at radius 3 is 1.49 bits per heavy atom. The minimum atomic E-state index is -0.809. The van der Waals surface area contributed by atoms with Crippen LogP contribution in [-0.4, -0.2) is 157 Å². The topological polar surface area (TPSA) is 415 Å². The third-order valence-corrected chi connectivity index (χ3v) is 9.68. The zero-order chi connectivity index (χ0) is 60.6. The van der Waals surface area contributed by atoms with Crippen molar-refractivity contribution in [3.63, 3.8) is 0 Å². The van der Waals surface area contributed by atoms with Crippen LogP contribution in [0, 0.1) is 0 Å². The Balaban J connectivity index is 0.00000122. The smallest absolute Gasteiger partial charge is 0.337 e. The maximum Gasteiger partial charge on any atom is 0.337 e. The first-order valence-corrected chi connectivity index (χ1v) is 25.8. The number of hydrogen-bond acceptors (Lipinski definition) is 18. The third-order valence-electron chi connectivity index (χ3n) is 9.17. The number of H-pyrrole nitrogens is 2. The molecule has 33 heteroatoms. The number of unbranched alkanes of at least 4 members (excludes halogenated alkanes) is 6. The van der Waals surface area contributed by atoms with Gasteiger partial charge in [-0.3, -0.25) is 67.4 Å². The van der Waals surface area contributed by atoms with Gasteiger partial charge in [-0.25, -0.2) is 55.6 Å². The fourth-order valence-corrected chi connectivity index (χ4v) is 5.60. The van der Waals surface area contributed by atoms with Gasteiger partial charge in [0.15, 0.2) is 5.11 Å². The Hall–Kier alpha value is -8.73. The summed E-state index contributed by atoms with van der Waals surface area (Å²) in [5.41, 5.74) is 19.1. The van der Waals surface area contributed by atoms with Crippen molar-refractivity contribution in [1.29, 1.82) is 0 Å². The van der Waals surface area contributed by atoms with E-state index >= 15 is 0 Å². The number of hydrazine groups is 6.